The van der Waals surface area contributed by atoms with E-state index in [2.05, 4.69) is 4.74 Å². The largest absolute Gasteiger partial charge is 0.435 e. The van der Waals surface area contributed by atoms with E-state index < -0.39 is 6.61 Å². The summed E-state index contributed by atoms with van der Waals surface area (Å²) in [6, 6.07) is 12.5. The zero-order valence-electron chi connectivity index (χ0n) is 10.8. The zero-order valence-corrected chi connectivity index (χ0v) is 11.6. The van der Waals surface area contributed by atoms with E-state index in [1.807, 2.05) is 0 Å². The number of hydrogen-bond donors (Lipinski definition) is 0. The van der Waals surface area contributed by atoms with Gasteiger partial charge < -0.3 is 4.74 Å². The Balaban J connectivity index is 2.03. The molecule has 0 aliphatic carbocycles. The normalized spacial score (nSPS) is 11.0. The topological polar surface area (TPSA) is 26.3 Å². The quantitative estimate of drug-likeness (QED) is 0.583. The van der Waals surface area contributed by atoms with Gasteiger partial charge in [-0.1, -0.05) is 29.8 Å². The van der Waals surface area contributed by atoms with Gasteiger partial charge in [0, 0.05) is 10.6 Å². The Labute approximate surface area is 125 Å². The average molecular weight is 309 g/mol. The second-order valence-corrected chi connectivity index (χ2v) is 4.59. The number of carbonyl (C=O) groups is 1. The van der Waals surface area contributed by atoms with Crippen LogP contribution in [0.1, 0.15) is 15.9 Å². The van der Waals surface area contributed by atoms with E-state index in [0.29, 0.717) is 16.1 Å². The summed E-state index contributed by atoms with van der Waals surface area (Å²) in [6.07, 6.45) is 3.01. The predicted molar refractivity (Wildman–Crippen MR) is 77.9 cm³/mol. The second-order valence-electron chi connectivity index (χ2n) is 4.15. The van der Waals surface area contributed by atoms with E-state index in [-0.39, 0.29) is 11.5 Å². The van der Waals surface area contributed by atoms with E-state index in [1.54, 1.807) is 42.5 Å². The molecule has 0 bridgehead atoms. The minimum absolute atomic E-state index is 0.0752. The van der Waals surface area contributed by atoms with Gasteiger partial charge in [0.15, 0.2) is 5.78 Å². The third kappa shape index (κ3) is 4.68. The van der Waals surface area contributed by atoms with Gasteiger partial charge in [-0.2, -0.15) is 8.78 Å². The highest BCUT2D eigenvalue weighted by Gasteiger charge is 2.03. The molecule has 5 heteroatoms. The summed E-state index contributed by atoms with van der Waals surface area (Å²) in [5, 5.41) is 0.560. The first-order valence-corrected chi connectivity index (χ1v) is 6.45. The maximum absolute atomic E-state index is 12.0. The summed E-state index contributed by atoms with van der Waals surface area (Å²) >= 11 is 5.75. The lowest BCUT2D eigenvalue weighted by Crippen LogP contribution is -2.01. The molecule has 0 amide bonds. The van der Waals surface area contributed by atoms with Crippen LogP contribution >= 0.6 is 11.6 Å². The lowest BCUT2D eigenvalue weighted by molar-refractivity contribution is -0.0498. The molecular weight excluding hydrogens is 298 g/mol. The standard InChI is InChI=1S/C16H11ClF2O2/c17-13-6-4-12(5-7-13)15(20)10-3-11-1-8-14(9-2-11)21-16(18)19/h1-10,16H. The van der Waals surface area contributed by atoms with Crippen molar-refractivity contribution in [1.82, 2.24) is 0 Å². The molecule has 2 rings (SSSR count). The molecule has 0 unspecified atom stereocenters. The highest BCUT2D eigenvalue weighted by molar-refractivity contribution is 6.30. The monoisotopic (exact) mass is 308 g/mol. The van der Waals surface area contributed by atoms with E-state index in [1.165, 1.54) is 18.2 Å². The van der Waals surface area contributed by atoms with E-state index in [0.717, 1.165) is 0 Å². The number of allylic oxidation sites excluding steroid dienone is 1. The van der Waals surface area contributed by atoms with E-state index in [9.17, 15) is 13.6 Å². The Hall–Kier alpha value is -2.20. The number of alkyl halides is 2. The van der Waals surface area contributed by atoms with Gasteiger partial charge in [0.25, 0.3) is 0 Å². The molecule has 2 aromatic carbocycles. The zero-order chi connectivity index (χ0) is 15.2. The highest BCUT2D eigenvalue weighted by atomic mass is 35.5. The van der Waals surface area contributed by atoms with Crippen molar-refractivity contribution in [3.05, 3.63) is 70.8 Å². The maximum atomic E-state index is 12.0. The van der Waals surface area contributed by atoms with Gasteiger partial charge in [0.1, 0.15) is 5.75 Å². The van der Waals surface area contributed by atoms with Crippen LogP contribution in [0.4, 0.5) is 8.78 Å². The van der Waals surface area contributed by atoms with Crippen LogP contribution < -0.4 is 4.74 Å². The van der Waals surface area contributed by atoms with Gasteiger partial charge in [-0.15, -0.1) is 0 Å². The van der Waals surface area contributed by atoms with E-state index >= 15 is 0 Å². The van der Waals surface area contributed by atoms with Crippen molar-refractivity contribution in [2.75, 3.05) is 0 Å². The summed E-state index contributed by atoms with van der Waals surface area (Å²) in [4.78, 5) is 11.9. The van der Waals surface area contributed by atoms with Crippen molar-refractivity contribution < 1.29 is 18.3 Å². The lowest BCUT2D eigenvalue weighted by atomic mass is 10.1. The third-order valence-corrected chi connectivity index (χ3v) is 2.91. The third-order valence-electron chi connectivity index (χ3n) is 2.66. The first-order valence-electron chi connectivity index (χ1n) is 6.07. The highest BCUT2D eigenvalue weighted by Crippen LogP contribution is 2.16. The Kier molecular flexibility index (Phi) is 5.06. The fourth-order valence-corrected chi connectivity index (χ4v) is 1.77. The van der Waals surface area contributed by atoms with Gasteiger partial charge in [0.2, 0.25) is 0 Å². The number of rotatable bonds is 5. The fraction of sp³-hybridized carbons (Fsp3) is 0.0625. The summed E-state index contributed by atoms with van der Waals surface area (Å²) in [6.45, 7) is -2.85. The van der Waals surface area contributed by atoms with Crippen molar-refractivity contribution >= 4 is 23.5 Å². The Morgan fingerprint density at radius 1 is 1.05 bits per heavy atom. The molecule has 0 radical (unpaired) electrons. The molecule has 2 aromatic rings. The molecule has 0 aliphatic rings. The first-order chi connectivity index (χ1) is 10.0. The molecule has 0 aliphatic heterocycles. The SMILES string of the molecule is O=C(C=Cc1ccc(OC(F)F)cc1)c1ccc(Cl)cc1. The van der Waals surface area contributed by atoms with Gasteiger partial charge in [-0.25, -0.2) is 0 Å². The Morgan fingerprint density at radius 3 is 2.24 bits per heavy atom. The number of halogens is 3. The number of ketones is 1. The smallest absolute Gasteiger partial charge is 0.387 e. The maximum Gasteiger partial charge on any atom is 0.387 e. The van der Waals surface area contributed by atoms with Crippen molar-refractivity contribution in [3.63, 3.8) is 0 Å². The Morgan fingerprint density at radius 2 is 1.67 bits per heavy atom. The molecule has 108 valence electrons. The summed E-state index contributed by atoms with van der Waals surface area (Å²) in [5.74, 6) is -0.0919. The van der Waals surface area contributed by atoms with Crippen LogP contribution in [0, 0.1) is 0 Å². The van der Waals surface area contributed by atoms with Gasteiger partial charge in [-0.05, 0) is 48.0 Å². The van der Waals surface area contributed by atoms with Crippen LogP contribution in [0.3, 0.4) is 0 Å². The summed E-state index contributed by atoms with van der Waals surface area (Å²) in [7, 11) is 0. The second kappa shape index (κ2) is 6.99. The average Bonchev–Trinajstić information content (AvgIpc) is 2.46. The lowest BCUT2D eigenvalue weighted by Gasteiger charge is -2.03. The van der Waals surface area contributed by atoms with Gasteiger partial charge >= 0.3 is 6.61 Å². The molecule has 0 aromatic heterocycles. The molecular formula is C16H11ClF2O2. The molecule has 0 heterocycles. The van der Waals surface area contributed by atoms with Gasteiger partial charge in [-0.3, -0.25) is 4.79 Å². The molecule has 0 saturated carbocycles. The molecule has 0 fully saturated rings. The predicted octanol–water partition coefficient (Wildman–Crippen LogP) is 4.84. The van der Waals surface area contributed by atoms with Gasteiger partial charge in [0.05, 0.1) is 0 Å². The number of carbonyl (C=O) groups excluding carboxylic acids is 1. The molecule has 0 saturated heterocycles. The molecule has 0 atom stereocenters. The van der Waals surface area contributed by atoms with Crippen molar-refractivity contribution in [2.45, 2.75) is 6.61 Å². The number of hydrogen-bond acceptors (Lipinski definition) is 2. The molecule has 0 N–H and O–H groups in total. The van der Waals surface area contributed by atoms with Crippen LogP contribution in [0.5, 0.6) is 5.75 Å². The van der Waals surface area contributed by atoms with Crippen LogP contribution in [0.2, 0.25) is 5.02 Å². The Bertz CT molecular complexity index is 634. The van der Waals surface area contributed by atoms with Crippen LogP contribution in [-0.2, 0) is 0 Å². The molecule has 21 heavy (non-hydrogen) atoms. The van der Waals surface area contributed by atoms with Crippen molar-refractivity contribution in [1.29, 1.82) is 0 Å². The van der Waals surface area contributed by atoms with Crippen LogP contribution in [-0.4, -0.2) is 12.4 Å². The summed E-state index contributed by atoms with van der Waals surface area (Å²) < 4.78 is 28.2. The minimum atomic E-state index is -2.85. The summed E-state index contributed by atoms with van der Waals surface area (Å²) in [5.41, 5.74) is 1.23. The van der Waals surface area contributed by atoms with Crippen molar-refractivity contribution in [2.24, 2.45) is 0 Å². The van der Waals surface area contributed by atoms with E-state index in [4.69, 9.17) is 11.6 Å². The molecule has 2 nitrogen and oxygen atoms in total. The number of benzene rings is 2. The first kappa shape index (κ1) is 15.2. The van der Waals surface area contributed by atoms with Crippen LogP contribution in [0.15, 0.2) is 54.6 Å². The number of ether oxygens (including phenoxy) is 1. The van der Waals surface area contributed by atoms with Crippen molar-refractivity contribution in [3.8, 4) is 5.75 Å². The van der Waals surface area contributed by atoms with Crippen LogP contribution in [0.25, 0.3) is 6.08 Å². The minimum Gasteiger partial charge on any atom is -0.435 e. The molecule has 0 spiro atoms. The fourth-order valence-electron chi connectivity index (χ4n) is 1.64.